The standard InChI is InChI=1S/C23H25FN6O/c1-16(26-17-11-13-31-14-12-17)27-22-21(15-25)29-23(28-20-10-6-5-9-19(20)24)30(22)18-7-3-2-4-8-18/h2-10,15,17,26H,1,11-14,25H2,(H,28,29)/b21-15+,27-22+. The molecule has 0 spiro atoms. The van der Waals surface area contributed by atoms with Crippen LogP contribution in [0.2, 0.25) is 0 Å². The van der Waals surface area contributed by atoms with E-state index in [-0.39, 0.29) is 11.9 Å². The molecular formula is C23H25FN6O. The van der Waals surface area contributed by atoms with E-state index in [4.69, 9.17) is 15.5 Å². The minimum atomic E-state index is -0.382. The summed E-state index contributed by atoms with van der Waals surface area (Å²) in [5.41, 5.74) is 7.43. The molecular weight excluding hydrogens is 395 g/mol. The molecule has 2 aliphatic rings. The Kier molecular flexibility index (Phi) is 6.28. The van der Waals surface area contributed by atoms with Crippen LogP contribution in [0.3, 0.4) is 0 Å². The third kappa shape index (κ3) is 4.75. The molecule has 2 aromatic rings. The highest BCUT2D eigenvalue weighted by molar-refractivity contribution is 6.32. The third-order valence-corrected chi connectivity index (χ3v) is 5.00. The van der Waals surface area contributed by atoms with Gasteiger partial charge in [-0.3, -0.25) is 4.90 Å². The summed E-state index contributed by atoms with van der Waals surface area (Å²) in [6.07, 6.45) is 3.16. The van der Waals surface area contributed by atoms with Gasteiger partial charge in [0, 0.05) is 25.5 Å². The van der Waals surface area contributed by atoms with E-state index in [0.717, 1.165) is 18.5 Å². The Morgan fingerprint density at radius 1 is 1.16 bits per heavy atom. The third-order valence-electron chi connectivity index (χ3n) is 5.00. The van der Waals surface area contributed by atoms with Crippen LogP contribution in [0.4, 0.5) is 15.8 Å². The number of nitrogens with one attached hydrogen (secondary N) is 2. The Morgan fingerprint density at radius 3 is 2.58 bits per heavy atom. The Labute approximate surface area is 180 Å². The molecule has 2 aliphatic heterocycles. The average molecular weight is 420 g/mol. The zero-order valence-electron chi connectivity index (χ0n) is 17.1. The SMILES string of the molecule is C=C(/N=C1\C(=C/N)N=C(Nc2ccccc2F)N1c1ccccc1)NC1CCOCC1. The molecule has 0 saturated carbocycles. The number of benzene rings is 2. The second kappa shape index (κ2) is 9.44. The van der Waals surface area contributed by atoms with Crippen LogP contribution in [0, 0.1) is 5.82 Å². The second-order valence-electron chi connectivity index (χ2n) is 7.18. The van der Waals surface area contributed by atoms with Crippen molar-refractivity contribution in [2.45, 2.75) is 18.9 Å². The van der Waals surface area contributed by atoms with E-state index in [1.54, 1.807) is 23.1 Å². The summed E-state index contributed by atoms with van der Waals surface area (Å²) in [5.74, 6) is 1.01. The molecule has 160 valence electrons. The van der Waals surface area contributed by atoms with E-state index in [1.807, 2.05) is 30.3 Å². The van der Waals surface area contributed by atoms with E-state index in [9.17, 15) is 4.39 Å². The summed E-state index contributed by atoms with van der Waals surface area (Å²) in [5, 5.41) is 6.41. The lowest BCUT2D eigenvalue weighted by Gasteiger charge is -2.25. The van der Waals surface area contributed by atoms with Crippen molar-refractivity contribution < 1.29 is 9.13 Å². The van der Waals surface area contributed by atoms with Crippen LogP contribution in [0.5, 0.6) is 0 Å². The highest BCUT2D eigenvalue weighted by Crippen LogP contribution is 2.26. The fourth-order valence-corrected chi connectivity index (χ4v) is 3.47. The van der Waals surface area contributed by atoms with Crippen molar-refractivity contribution in [2.24, 2.45) is 15.7 Å². The minimum absolute atomic E-state index is 0.249. The van der Waals surface area contributed by atoms with Gasteiger partial charge in [-0.05, 0) is 37.1 Å². The van der Waals surface area contributed by atoms with Gasteiger partial charge < -0.3 is 21.1 Å². The van der Waals surface area contributed by atoms with Crippen molar-refractivity contribution >= 4 is 23.2 Å². The number of rotatable bonds is 5. The lowest BCUT2D eigenvalue weighted by molar-refractivity contribution is 0.0803. The van der Waals surface area contributed by atoms with E-state index < -0.39 is 0 Å². The van der Waals surface area contributed by atoms with Gasteiger partial charge in [0.2, 0.25) is 5.96 Å². The van der Waals surface area contributed by atoms with Gasteiger partial charge in [-0.2, -0.15) is 0 Å². The topological polar surface area (TPSA) is 87.3 Å². The number of hydrogen-bond donors (Lipinski definition) is 3. The predicted molar refractivity (Wildman–Crippen MR) is 122 cm³/mol. The number of amidine groups is 1. The van der Waals surface area contributed by atoms with E-state index in [0.29, 0.717) is 42.2 Å². The first-order valence-corrected chi connectivity index (χ1v) is 10.2. The molecule has 0 amide bonds. The molecule has 0 unspecified atom stereocenters. The van der Waals surface area contributed by atoms with Crippen LogP contribution in [0.15, 0.2) is 88.9 Å². The fraction of sp³-hybridized carbons (Fsp3) is 0.217. The van der Waals surface area contributed by atoms with Gasteiger partial charge in [0.15, 0.2) is 5.84 Å². The molecule has 0 aliphatic carbocycles. The van der Waals surface area contributed by atoms with Gasteiger partial charge in [0.05, 0.1) is 11.4 Å². The molecule has 1 fully saturated rings. The number of aliphatic imine (C=N–C) groups is 2. The summed E-state index contributed by atoms with van der Waals surface area (Å²) in [6, 6.07) is 16.2. The van der Waals surface area contributed by atoms with Crippen molar-refractivity contribution in [2.75, 3.05) is 23.4 Å². The smallest absolute Gasteiger partial charge is 0.214 e. The van der Waals surface area contributed by atoms with Crippen molar-refractivity contribution in [3.05, 3.63) is 84.7 Å². The summed E-state index contributed by atoms with van der Waals surface area (Å²) in [4.78, 5) is 11.1. The van der Waals surface area contributed by atoms with Crippen molar-refractivity contribution in [3.63, 3.8) is 0 Å². The Balaban J connectivity index is 1.66. The molecule has 7 nitrogen and oxygen atoms in total. The molecule has 0 bridgehead atoms. The quantitative estimate of drug-likeness (QED) is 0.689. The molecule has 8 heteroatoms. The molecule has 1 saturated heterocycles. The second-order valence-corrected chi connectivity index (χ2v) is 7.18. The molecule has 4 N–H and O–H groups in total. The number of guanidine groups is 1. The van der Waals surface area contributed by atoms with Gasteiger partial charge in [0.1, 0.15) is 17.3 Å². The maximum atomic E-state index is 14.3. The Bertz CT molecular complexity index is 1030. The van der Waals surface area contributed by atoms with Gasteiger partial charge >= 0.3 is 0 Å². The zero-order valence-corrected chi connectivity index (χ0v) is 17.1. The molecule has 31 heavy (non-hydrogen) atoms. The number of ether oxygens (including phenoxy) is 1. The molecule has 4 rings (SSSR count). The number of halogens is 1. The summed E-state index contributed by atoms with van der Waals surface area (Å²) >= 11 is 0. The summed E-state index contributed by atoms with van der Waals surface area (Å²) < 4.78 is 19.7. The molecule has 0 aromatic heterocycles. The summed E-state index contributed by atoms with van der Waals surface area (Å²) in [7, 11) is 0. The normalized spacial score (nSPS) is 19.5. The lowest BCUT2D eigenvalue weighted by atomic mass is 10.1. The average Bonchev–Trinajstić information content (AvgIpc) is 3.13. The van der Waals surface area contributed by atoms with Crippen LogP contribution >= 0.6 is 0 Å². The van der Waals surface area contributed by atoms with Crippen molar-refractivity contribution in [1.82, 2.24) is 5.32 Å². The fourth-order valence-electron chi connectivity index (χ4n) is 3.47. The number of nitrogens with zero attached hydrogens (tertiary/aromatic N) is 3. The van der Waals surface area contributed by atoms with Gasteiger partial charge in [0.25, 0.3) is 0 Å². The number of nitrogens with two attached hydrogens (primary N) is 1. The number of hydrogen-bond acceptors (Lipinski definition) is 6. The highest BCUT2D eigenvalue weighted by atomic mass is 19.1. The van der Waals surface area contributed by atoms with Gasteiger partial charge in [-0.1, -0.05) is 36.9 Å². The van der Waals surface area contributed by atoms with Crippen LogP contribution in [-0.2, 0) is 4.74 Å². The molecule has 0 atom stereocenters. The monoisotopic (exact) mass is 420 g/mol. The van der Waals surface area contributed by atoms with Gasteiger partial charge in [-0.15, -0.1) is 0 Å². The van der Waals surface area contributed by atoms with Crippen molar-refractivity contribution in [3.8, 4) is 0 Å². The first-order chi connectivity index (χ1) is 15.2. The number of anilines is 2. The van der Waals surface area contributed by atoms with Crippen LogP contribution in [-0.4, -0.2) is 31.1 Å². The largest absolute Gasteiger partial charge is 0.403 e. The lowest BCUT2D eigenvalue weighted by Crippen LogP contribution is -2.38. The molecule has 2 aromatic carbocycles. The first kappa shape index (κ1) is 20.6. The summed E-state index contributed by atoms with van der Waals surface area (Å²) in [6.45, 7) is 5.49. The maximum Gasteiger partial charge on any atom is 0.214 e. The minimum Gasteiger partial charge on any atom is -0.403 e. The van der Waals surface area contributed by atoms with E-state index >= 15 is 0 Å². The zero-order chi connectivity index (χ0) is 21.6. The molecule has 0 radical (unpaired) electrons. The first-order valence-electron chi connectivity index (χ1n) is 10.2. The van der Waals surface area contributed by atoms with Crippen LogP contribution < -0.4 is 21.3 Å². The number of para-hydroxylation sites is 2. The van der Waals surface area contributed by atoms with E-state index in [1.165, 1.54) is 12.3 Å². The van der Waals surface area contributed by atoms with Crippen LogP contribution in [0.25, 0.3) is 0 Å². The highest BCUT2D eigenvalue weighted by Gasteiger charge is 2.31. The Morgan fingerprint density at radius 2 is 1.87 bits per heavy atom. The Hall–Kier alpha value is -3.65. The molecule has 2 heterocycles. The maximum absolute atomic E-state index is 14.3. The van der Waals surface area contributed by atoms with E-state index in [2.05, 4.69) is 22.2 Å². The van der Waals surface area contributed by atoms with Gasteiger partial charge in [-0.25, -0.2) is 14.4 Å². The van der Waals surface area contributed by atoms with Crippen molar-refractivity contribution in [1.29, 1.82) is 0 Å². The predicted octanol–water partition coefficient (Wildman–Crippen LogP) is 3.55. The van der Waals surface area contributed by atoms with Crippen LogP contribution in [0.1, 0.15) is 12.8 Å².